The lowest BCUT2D eigenvalue weighted by atomic mass is 10.2. The van der Waals surface area contributed by atoms with Crippen LogP contribution in [0.15, 0.2) is 54.9 Å². The Hall–Kier alpha value is -3.72. The van der Waals surface area contributed by atoms with Crippen LogP contribution in [0.2, 0.25) is 0 Å². The maximum atomic E-state index is 13.0. The van der Waals surface area contributed by atoms with Crippen molar-refractivity contribution in [3.05, 3.63) is 65.4 Å². The Morgan fingerprint density at radius 3 is 2.63 bits per heavy atom. The summed E-state index contributed by atoms with van der Waals surface area (Å²) in [4.78, 5) is 18.1. The standard InChI is InChI=1S/C21H19N5O3S/c1-13-19(30-21(23-13)14-8-9-17(28-2)18(12-14)29-3)20(27)24-15-6-4-5-7-16(15)26-11-10-22-25-26/h4-12H,1-3H3,(H,24,27). The Morgan fingerprint density at radius 1 is 1.10 bits per heavy atom. The fourth-order valence-electron chi connectivity index (χ4n) is 2.99. The Kier molecular flexibility index (Phi) is 5.44. The Balaban J connectivity index is 1.63. The number of anilines is 1. The number of rotatable bonds is 6. The number of nitrogens with one attached hydrogen (secondary N) is 1. The van der Waals surface area contributed by atoms with Gasteiger partial charge in [0.25, 0.3) is 5.91 Å². The Bertz CT molecular complexity index is 1190. The smallest absolute Gasteiger partial charge is 0.267 e. The summed E-state index contributed by atoms with van der Waals surface area (Å²) < 4.78 is 12.3. The lowest BCUT2D eigenvalue weighted by Gasteiger charge is -2.10. The highest BCUT2D eigenvalue weighted by Crippen LogP contribution is 2.35. The van der Waals surface area contributed by atoms with E-state index in [-0.39, 0.29) is 5.91 Å². The van der Waals surface area contributed by atoms with Crippen molar-refractivity contribution in [3.63, 3.8) is 0 Å². The number of aryl methyl sites for hydroxylation is 1. The molecule has 2 aromatic heterocycles. The van der Waals surface area contributed by atoms with Gasteiger partial charge in [0.15, 0.2) is 11.5 Å². The quantitative estimate of drug-likeness (QED) is 0.507. The van der Waals surface area contributed by atoms with Crippen molar-refractivity contribution in [2.45, 2.75) is 6.92 Å². The van der Waals surface area contributed by atoms with Crippen LogP contribution in [0.25, 0.3) is 16.3 Å². The fourth-order valence-corrected chi connectivity index (χ4v) is 3.95. The molecule has 9 heteroatoms. The molecule has 0 aliphatic carbocycles. The van der Waals surface area contributed by atoms with E-state index >= 15 is 0 Å². The summed E-state index contributed by atoms with van der Waals surface area (Å²) in [5.41, 5.74) is 2.86. The number of aromatic nitrogens is 4. The molecule has 8 nitrogen and oxygen atoms in total. The molecule has 0 aliphatic heterocycles. The number of carbonyl (C=O) groups is 1. The maximum Gasteiger partial charge on any atom is 0.267 e. The molecular formula is C21H19N5O3S. The van der Waals surface area contributed by atoms with Crippen LogP contribution >= 0.6 is 11.3 Å². The first-order valence-corrected chi connectivity index (χ1v) is 9.89. The number of carbonyl (C=O) groups excluding carboxylic acids is 1. The van der Waals surface area contributed by atoms with Gasteiger partial charge in [0.1, 0.15) is 9.88 Å². The van der Waals surface area contributed by atoms with Gasteiger partial charge in [0.2, 0.25) is 0 Å². The van der Waals surface area contributed by atoms with Crippen LogP contribution in [-0.4, -0.2) is 40.1 Å². The van der Waals surface area contributed by atoms with Crippen LogP contribution < -0.4 is 14.8 Å². The molecule has 0 unspecified atom stereocenters. The molecule has 0 radical (unpaired) electrons. The molecule has 1 amide bonds. The third-order valence-electron chi connectivity index (χ3n) is 4.45. The highest BCUT2D eigenvalue weighted by atomic mass is 32.1. The van der Waals surface area contributed by atoms with E-state index in [0.29, 0.717) is 27.8 Å². The maximum absolute atomic E-state index is 13.0. The third-order valence-corrected chi connectivity index (χ3v) is 5.66. The second kappa shape index (κ2) is 8.34. The molecular weight excluding hydrogens is 402 g/mol. The minimum atomic E-state index is -0.232. The molecule has 2 aromatic carbocycles. The summed E-state index contributed by atoms with van der Waals surface area (Å²) in [6, 6.07) is 13.0. The van der Waals surface area contributed by atoms with E-state index in [9.17, 15) is 4.79 Å². The van der Waals surface area contributed by atoms with E-state index in [1.54, 1.807) is 31.3 Å². The minimum Gasteiger partial charge on any atom is -0.493 e. The highest BCUT2D eigenvalue weighted by Gasteiger charge is 2.19. The van der Waals surface area contributed by atoms with Gasteiger partial charge in [-0.15, -0.1) is 16.4 Å². The zero-order chi connectivity index (χ0) is 21.1. The molecule has 4 aromatic rings. The largest absolute Gasteiger partial charge is 0.493 e. The summed E-state index contributed by atoms with van der Waals surface area (Å²) in [5.74, 6) is 1.01. The van der Waals surface area contributed by atoms with E-state index in [1.807, 2.05) is 49.4 Å². The van der Waals surface area contributed by atoms with Crippen LogP contribution in [-0.2, 0) is 0 Å². The lowest BCUT2D eigenvalue weighted by Crippen LogP contribution is -2.13. The SMILES string of the molecule is COc1ccc(-c2nc(C)c(C(=O)Nc3ccccc3-n3ccnn3)s2)cc1OC. The van der Waals surface area contributed by atoms with Gasteiger partial charge in [-0.05, 0) is 37.3 Å². The van der Waals surface area contributed by atoms with Gasteiger partial charge in [-0.2, -0.15) is 0 Å². The molecule has 0 spiro atoms. The molecule has 152 valence electrons. The highest BCUT2D eigenvalue weighted by molar-refractivity contribution is 7.17. The van der Waals surface area contributed by atoms with Gasteiger partial charge in [0, 0.05) is 5.56 Å². The molecule has 0 bridgehead atoms. The number of nitrogens with zero attached hydrogens (tertiary/aromatic N) is 4. The molecule has 0 atom stereocenters. The van der Waals surface area contributed by atoms with Crippen molar-refractivity contribution in [2.24, 2.45) is 0 Å². The summed E-state index contributed by atoms with van der Waals surface area (Å²) >= 11 is 1.32. The third kappa shape index (κ3) is 3.74. The molecule has 30 heavy (non-hydrogen) atoms. The van der Waals surface area contributed by atoms with Gasteiger partial charge < -0.3 is 14.8 Å². The number of ether oxygens (including phenoxy) is 2. The van der Waals surface area contributed by atoms with Crippen LogP contribution in [0, 0.1) is 6.92 Å². The van der Waals surface area contributed by atoms with E-state index in [4.69, 9.17) is 9.47 Å². The van der Waals surface area contributed by atoms with Crippen LogP contribution in [0.3, 0.4) is 0 Å². The van der Waals surface area contributed by atoms with Crippen LogP contribution in [0.4, 0.5) is 5.69 Å². The monoisotopic (exact) mass is 421 g/mol. The number of amides is 1. The zero-order valence-corrected chi connectivity index (χ0v) is 17.4. The van der Waals surface area contributed by atoms with Gasteiger partial charge in [0.05, 0.1) is 43.7 Å². The molecule has 2 heterocycles. The summed E-state index contributed by atoms with van der Waals surface area (Å²) in [6.07, 6.45) is 3.31. The molecule has 0 saturated heterocycles. The van der Waals surface area contributed by atoms with Gasteiger partial charge in [-0.3, -0.25) is 4.79 Å². The molecule has 0 aliphatic rings. The lowest BCUT2D eigenvalue weighted by molar-refractivity contribution is 0.102. The van der Waals surface area contributed by atoms with Crippen LogP contribution in [0.5, 0.6) is 11.5 Å². The molecule has 0 fully saturated rings. The number of thiazole rings is 1. The average Bonchev–Trinajstić information content (AvgIpc) is 3.43. The average molecular weight is 421 g/mol. The van der Waals surface area contributed by atoms with Crippen molar-refractivity contribution in [1.82, 2.24) is 20.0 Å². The number of methoxy groups -OCH3 is 2. The van der Waals surface area contributed by atoms with Crippen molar-refractivity contribution in [2.75, 3.05) is 19.5 Å². The van der Waals surface area contributed by atoms with Crippen molar-refractivity contribution < 1.29 is 14.3 Å². The second-order valence-electron chi connectivity index (χ2n) is 6.32. The topological polar surface area (TPSA) is 91.2 Å². The predicted molar refractivity (Wildman–Crippen MR) is 115 cm³/mol. The molecule has 0 saturated carbocycles. The van der Waals surface area contributed by atoms with Crippen molar-refractivity contribution >= 4 is 22.9 Å². The van der Waals surface area contributed by atoms with Gasteiger partial charge in [-0.25, -0.2) is 9.67 Å². The first-order valence-electron chi connectivity index (χ1n) is 9.07. The molecule has 1 N–H and O–H groups in total. The number of hydrogen-bond donors (Lipinski definition) is 1. The summed E-state index contributed by atoms with van der Waals surface area (Å²) in [5, 5.41) is 11.5. The van der Waals surface area contributed by atoms with Gasteiger partial charge >= 0.3 is 0 Å². The van der Waals surface area contributed by atoms with Crippen LogP contribution in [0.1, 0.15) is 15.4 Å². The summed E-state index contributed by atoms with van der Waals surface area (Å²) in [6.45, 7) is 1.82. The van der Waals surface area contributed by atoms with Crippen molar-refractivity contribution in [3.8, 4) is 27.8 Å². The predicted octanol–water partition coefficient (Wildman–Crippen LogP) is 3.97. The van der Waals surface area contributed by atoms with E-state index in [1.165, 1.54) is 11.3 Å². The number of para-hydroxylation sites is 2. The Morgan fingerprint density at radius 2 is 1.90 bits per heavy atom. The van der Waals surface area contributed by atoms with Gasteiger partial charge in [-0.1, -0.05) is 17.3 Å². The second-order valence-corrected chi connectivity index (χ2v) is 7.32. The normalized spacial score (nSPS) is 10.6. The van der Waals surface area contributed by atoms with E-state index < -0.39 is 0 Å². The molecule has 4 rings (SSSR count). The number of hydrogen-bond acceptors (Lipinski definition) is 7. The van der Waals surface area contributed by atoms with E-state index in [2.05, 4.69) is 20.6 Å². The summed E-state index contributed by atoms with van der Waals surface area (Å²) in [7, 11) is 3.17. The first kappa shape index (κ1) is 19.6. The minimum absolute atomic E-state index is 0.232. The first-order chi connectivity index (χ1) is 14.6. The zero-order valence-electron chi connectivity index (χ0n) is 16.6. The van der Waals surface area contributed by atoms with Crippen molar-refractivity contribution in [1.29, 1.82) is 0 Å². The van der Waals surface area contributed by atoms with E-state index in [0.717, 1.165) is 16.3 Å². The fraction of sp³-hybridized carbons (Fsp3) is 0.143. The number of benzene rings is 2. The Labute approximate surface area is 177 Å².